The van der Waals surface area contributed by atoms with Crippen molar-refractivity contribution in [1.82, 2.24) is 4.72 Å². The van der Waals surface area contributed by atoms with Crippen molar-refractivity contribution in [2.45, 2.75) is 19.8 Å². The number of carboxylic acids is 1. The summed E-state index contributed by atoms with van der Waals surface area (Å²) < 4.78 is 26.0. The Bertz CT molecular complexity index is 596. The molecule has 0 spiro atoms. The number of halogens is 1. The first kappa shape index (κ1) is 17.7. The molecule has 7 heteroatoms. The minimum absolute atomic E-state index is 0.0313. The molecular weight excluding hydrogens is 314 g/mol. The smallest absolute Gasteiger partial charge is 0.303 e. The second-order valence-electron chi connectivity index (χ2n) is 4.79. The van der Waals surface area contributed by atoms with Gasteiger partial charge in [-0.1, -0.05) is 30.7 Å². The number of sulfonamides is 1. The van der Waals surface area contributed by atoms with E-state index in [9.17, 15) is 13.2 Å². The van der Waals surface area contributed by atoms with Crippen molar-refractivity contribution in [2.24, 2.45) is 5.92 Å². The summed E-state index contributed by atoms with van der Waals surface area (Å²) in [4.78, 5) is 10.4. The summed E-state index contributed by atoms with van der Waals surface area (Å²) in [5, 5.41) is 10.2. The summed E-state index contributed by atoms with van der Waals surface area (Å²) in [6.07, 6.45) is 1.93. The van der Waals surface area contributed by atoms with Crippen molar-refractivity contribution in [2.75, 3.05) is 6.54 Å². The zero-order chi connectivity index (χ0) is 15.9. The van der Waals surface area contributed by atoms with E-state index in [0.717, 1.165) is 11.0 Å². The fraction of sp³-hybridized carbons (Fsp3) is 0.357. The normalized spacial score (nSPS) is 13.4. The van der Waals surface area contributed by atoms with Crippen molar-refractivity contribution < 1.29 is 18.3 Å². The predicted octanol–water partition coefficient (Wildman–Crippen LogP) is 2.73. The van der Waals surface area contributed by atoms with Crippen LogP contribution in [-0.2, 0) is 14.8 Å². The highest BCUT2D eigenvalue weighted by molar-refractivity contribution is 7.92. The lowest BCUT2D eigenvalue weighted by Crippen LogP contribution is -2.26. The van der Waals surface area contributed by atoms with Crippen LogP contribution < -0.4 is 4.72 Å². The van der Waals surface area contributed by atoms with E-state index in [2.05, 4.69) is 4.72 Å². The second-order valence-corrected chi connectivity index (χ2v) is 6.87. The van der Waals surface area contributed by atoms with E-state index < -0.39 is 16.0 Å². The number of hydrogen-bond acceptors (Lipinski definition) is 3. The van der Waals surface area contributed by atoms with Gasteiger partial charge in [0.2, 0.25) is 10.0 Å². The van der Waals surface area contributed by atoms with E-state index in [1.165, 1.54) is 6.08 Å². The van der Waals surface area contributed by atoms with Crippen LogP contribution in [0.25, 0.3) is 6.08 Å². The van der Waals surface area contributed by atoms with E-state index in [1.807, 2.05) is 0 Å². The Kier molecular flexibility index (Phi) is 6.87. The molecule has 0 heterocycles. The van der Waals surface area contributed by atoms with Crippen molar-refractivity contribution in [3.8, 4) is 0 Å². The Labute approximate surface area is 129 Å². The Morgan fingerprint density at radius 2 is 2.00 bits per heavy atom. The molecule has 0 aliphatic heterocycles. The van der Waals surface area contributed by atoms with Gasteiger partial charge in [0.1, 0.15) is 0 Å². The highest BCUT2D eigenvalue weighted by Gasteiger charge is 2.10. The molecule has 1 aromatic rings. The van der Waals surface area contributed by atoms with Crippen LogP contribution in [0.3, 0.4) is 0 Å². The Morgan fingerprint density at radius 1 is 1.38 bits per heavy atom. The molecule has 5 nitrogen and oxygen atoms in total. The van der Waals surface area contributed by atoms with Crippen LogP contribution >= 0.6 is 11.6 Å². The molecule has 0 bridgehead atoms. The van der Waals surface area contributed by atoms with Crippen molar-refractivity contribution in [3.05, 3.63) is 40.3 Å². The molecule has 0 aliphatic carbocycles. The number of benzene rings is 1. The standard InChI is InChI=1S/C14H18ClNO4S/c1-11(2-7-14(17)18)10-16-21(19,20)9-8-12-3-5-13(15)6-4-12/h3-6,8-9,11,16H,2,7,10H2,1H3,(H,17,18)/b9-8+. The topological polar surface area (TPSA) is 83.5 Å². The van der Waals surface area contributed by atoms with Crippen LogP contribution in [0.15, 0.2) is 29.7 Å². The summed E-state index contributed by atoms with van der Waals surface area (Å²) in [5.74, 6) is -0.924. The Morgan fingerprint density at radius 3 is 2.57 bits per heavy atom. The van der Waals surface area contributed by atoms with E-state index in [1.54, 1.807) is 31.2 Å². The number of nitrogens with one attached hydrogen (secondary N) is 1. The number of hydrogen-bond donors (Lipinski definition) is 2. The van der Waals surface area contributed by atoms with E-state index in [-0.39, 0.29) is 18.9 Å². The molecular formula is C14H18ClNO4S. The van der Waals surface area contributed by atoms with Crippen molar-refractivity contribution in [3.63, 3.8) is 0 Å². The molecule has 0 aliphatic rings. The first-order valence-electron chi connectivity index (χ1n) is 6.43. The quantitative estimate of drug-likeness (QED) is 0.767. The molecule has 1 rings (SSSR count). The number of carbonyl (C=O) groups is 1. The molecule has 0 fully saturated rings. The average molecular weight is 332 g/mol. The maximum Gasteiger partial charge on any atom is 0.303 e. The largest absolute Gasteiger partial charge is 0.481 e. The first-order valence-corrected chi connectivity index (χ1v) is 8.36. The second kappa shape index (κ2) is 8.17. The van der Waals surface area contributed by atoms with Crippen LogP contribution in [0.1, 0.15) is 25.3 Å². The third kappa shape index (κ3) is 7.84. The average Bonchev–Trinajstić information content (AvgIpc) is 2.42. The van der Waals surface area contributed by atoms with Gasteiger partial charge in [0, 0.05) is 23.4 Å². The fourth-order valence-electron chi connectivity index (χ4n) is 1.52. The van der Waals surface area contributed by atoms with Crippen molar-refractivity contribution in [1.29, 1.82) is 0 Å². The van der Waals surface area contributed by atoms with Crippen molar-refractivity contribution >= 4 is 33.7 Å². The van der Waals surface area contributed by atoms with Gasteiger partial charge < -0.3 is 5.11 Å². The van der Waals surface area contributed by atoms with Crippen LogP contribution in [-0.4, -0.2) is 26.0 Å². The highest BCUT2D eigenvalue weighted by Crippen LogP contribution is 2.11. The zero-order valence-electron chi connectivity index (χ0n) is 11.6. The molecule has 1 atom stereocenters. The van der Waals surface area contributed by atoms with Crippen LogP contribution in [0.4, 0.5) is 0 Å². The summed E-state index contributed by atoms with van der Waals surface area (Å²) in [5.41, 5.74) is 0.726. The summed E-state index contributed by atoms with van der Waals surface area (Å²) in [6, 6.07) is 6.78. The van der Waals surface area contributed by atoms with Gasteiger partial charge in [-0.05, 0) is 36.1 Å². The number of aliphatic carboxylic acids is 1. The van der Waals surface area contributed by atoms with E-state index in [4.69, 9.17) is 16.7 Å². The number of carboxylic acid groups (broad SMARTS) is 1. The lowest BCUT2D eigenvalue weighted by Gasteiger charge is -2.10. The van der Waals surface area contributed by atoms with Gasteiger partial charge in [0.25, 0.3) is 0 Å². The molecule has 1 aromatic carbocycles. The first-order chi connectivity index (χ1) is 9.78. The maximum atomic E-state index is 11.8. The van der Waals surface area contributed by atoms with E-state index in [0.29, 0.717) is 11.4 Å². The van der Waals surface area contributed by atoms with Gasteiger partial charge in [-0.2, -0.15) is 0 Å². The highest BCUT2D eigenvalue weighted by atomic mass is 35.5. The predicted molar refractivity (Wildman–Crippen MR) is 83.4 cm³/mol. The van der Waals surface area contributed by atoms with Gasteiger partial charge in [-0.3, -0.25) is 4.79 Å². The lowest BCUT2D eigenvalue weighted by molar-refractivity contribution is -0.137. The number of rotatable bonds is 8. The van der Waals surface area contributed by atoms with Gasteiger partial charge in [-0.25, -0.2) is 13.1 Å². The third-order valence-corrected chi connectivity index (χ3v) is 4.11. The molecule has 0 amide bonds. The molecule has 0 saturated carbocycles. The monoisotopic (exact) mass is 331 g/mol. The fourth-order valence-corrected chi connectivity index (χ4v) is 2.60. The molecule has 116 valence electrons. The molecule has 21 heavy (non-hydrogen) atoms. The molecule has 0 saturated heterocycles. The maximum absolute atomic E-state index is 11.8. The Hall–Kier alpha value is -1.37. The van der Waals surface area contributed by atoms with Gasteiger partial charge >= 0.3 is 5.97 Å². The molecule has 1 unspecified atom stereocenters. The van der Waals surface area contributed by atoms with Gasteiger partial charge in [-0.15, -0.1) is 0 Å². The van der Waals surface area contributed by atoms with Gasteiger partial charge in [0.05, 0.1) is 0 Å². The third-order valence-electron chi connectivity index (χ3n) is 2.79. The minimum atomic E-state index is -3.53. The minimum Gasteiger partial charge on any atom is -0.481 e. The summed E-state index contributed by atoms with van der Waals surface area (Å²) >= 11 is 5.74. The summed E-state index contributed by atoms with van der Waals surface area (Å²) in [7, 11) is -3.53. The van der Waals surface area contributed by atoms with Crippen LogP contribution in [0.5, 0.6) is 0 Å². The SMILES string of the molecule is CC(CCC(=O)O)CNS(=O)(=O)/C=C/c1ccc(Cl)cc1. The van der Waals surface area contributed by atoms with E-state index >= 15 is 0 Å². The Balaban J connectivity index is 2.50. The summed E-state index contributed by atoms with van der Waals surface area (Å²) in [6.45, 7) is 2.01. The molecule has 0 aromatic heterocycles. The molecule has 2 N–H and O–H groups in total. The van der Waals surface area contributed by atoms with Crippen LogP contribution in [0, 0.1) is 5.92 Å². The zero-order valence-corrected chi connectivity index (χ0v) is 13.2. The van der Waals surface area contributed by atoms with Gasteiger partial charge in [0.15, 0.2) is 0 Å². The lowest BCUT2D eigenvalue weighted by atomic mass is 10.1. The molecule has 0 radical (unpaired) electrons. The van der Waals surface area contributed by atoms with Crippen LogP contribution in [0.2, 0.25) is 5.02 Å².